The van der Waals surface area contributed by atoms with Crippen LogP contribution in [0.4, 0.5) is 0 Å². The van der Waals surface area contributed by atoms with E-state index in [-0.39, 0.29) is 29.0 Å². The lowest BCUT2D eigenvalue weighted by Crippen LogP contribution is -2.57. The summed E-state index contributed by atoms with van der Waals surface area (Å²) < 4.78 is 5.73. The van der Waals surface area contributed by atoms with Gasteiger partial charge in [0, 0.05) is 17.8 Å². The molecule has 6 atom stereocenters. The first-order chi connectivity index (χ1) is 13.6. The van der Waals surface area contributed by atoms with Crippen molar-refractivity contribution in [3.63, 3.8) is 0 Å². The molecular weight excluding hydrogens is 368 g/mol. The molecule has 3 unspecified atom stereocenters. The van der Waals surface area contributed by atoms with Crippen molar-refractivity contribution in [3.05, 3.63) is 35.5 Å². The highest BCUT2D eigenvalue weighted by Crippen LogP contribution is 2.66. The summed E-state index contributed by atoms with van der Waals surface area (Å²) in [7, 11) is 0. The highest BCUT2D eigenvalue weighted by Gasteiger charge is 2.67. The van der Waals surface area contributed by atoms with E-state index in [0.717, 1.165) is 12.8 Å². The number of fused-ring (bicyclic) bond motifs is 5. The van der Waals surface area contributed by atoms with Crippen molar-refractivity contribution < 1.29 is 24.2 Å². The molecule has 4 rings (SSSR count). The summed E-state index contributed by atoms with van der Waals surface area (Å²) in [5.74, 6) is -0.125. The Morgan fingerprint density at radius 3 is 2.66 bits per heavy atom. The largest absolute Gasteiger partial charge is 0.451 e. The number of allylic oxidation sites excluding steroid dienone is 6. The van der Waals surface area contributed by atoms with E-state index in [0.29, 0.717) is 12.8 Å². The van der Waals surface area contributed by atoms with Gasteiger partial charge in [0.25, 0.3) is 0 Å². The lowest BCUT2D eigenvalue weighted by atomic mass is 9.49. The molecule has 0 heterocycles. The van der Waals surface area contributed by atoms with Crippen molar-refractivity contribution in [2.24, 2.45) is 28.6 Å². The summed E-state index contributed by atoms with van der Waals surface area (Å²) in [6, 6.07) is 0. The Kier molecular flexibility index (Phi) is 4.54. The molecule has 0 aromatic heterocycles. The van der Waals surface area contributed by atoms with Crippen LogP contribution in [0.1, 0.15) is 53.4 Å². The molecule has 5 heteroatoms. The molecule has 0 aliphatic heterocycles. The number of ketones is 2. The molecular formula is C24H30O5. The lowest BCUT2D eigenvalue weighted by Gasteiger charge is -2.55. The van der Waals surface area contributed by atoms with Gasteiger partial charge in [0.05, 0.1) is 0 Å². The van der Waals surface area contributed by atoms with Gasteiger partial charge in [-0.05, 0) is 68.1 Å². The van der Waals surface area contributed by atoms with Gasteiger partial charge in [0.15, 0.2) is 11.4 Å². The van der Waals surface area contributed by atoms with Gasteiger partial charge in [-0.1, -0.05) is 31.6 Å². The minimum Gasteiger partial charge on any atom is -0.451 e. The van der Waals surface area contributed by atoms with Gasteiger partial charge < -0.3 is 9.84 Å². The quantitative estimate of drug-likeness (QED) is 0.583. The number of aliphatic hydroxyl groups is 1. The van der Waals surface area contributed by atoms with Gasteiger partial charge in [-0.3, -0.25) is 14.4 Å². The predicted octanol–water partition coefficient (Wildman–Crippen LogP) is 3.32. The van der Waals surface area contributed by atoms with E-state index in [4.69, 9.17) is 4.74 Å². The first kappa shape index (κ1) is 20.3. The van der Waals surface area contributed by atoms with Crippen LogP contribution < -0.4 is 0 Å². The van der Waals surface area contributed by atoms with Gasteiger partial charge >= 0.3 is 5.97 Å². The highest BCUT2D eigenvalue weighted by molar-refractivity contribution is 6.01. The van der Waals surface area contributed by atoms with E-state index in [1.165, 1.54) is 18.1 Å². The maximum atomic E-state index is 12.9. The Labute approximate surface area is 171 Å². The molecule has 0 spiro atoms. The fourth-order valence-electron chi connectivity index (χ4n) is 6.98. The number of Topliss-reactive ketones (excluding diaryl/α,β-unsaturated/α-hetero) is 1. The maximum Gasteiger partial charge on any atom is 0.303 e. The first-order valence-corrected chi connectivity index (χ1v) is 10.6. The molecule has 0 amide bonds. The molecule has 0 saturated heterocycles. The van der Waals surface area contributed by atoms with Crippen LogP contribution in [-0.4, -0.2) is 34.9 Å². The second-order valence-corrected chi connectivity index (χ2v) is 9.71. The van der Waals surface area contributed by atoms with Crippen LogP contribution in [-0.2, 0) is 19.1 Å². The molecule has 5 nitrogen and oxygen atoms in total. The third-order valence-electron chi connectivity index (χ3n) is 8.31. The first-order valence-electron chi connectivity index (χ1n) is 10.6. The number of aliphatic hydroxyl groups excluding tert-OH is 1. The number of hydrogen-bond donors (Lipinski definition) is 1. The third kappa shape index (κ3) is 2.59. The van der Waals surface area contributed by atoms with Crippen molar-refractivity contribution >= 4 is 17.5 Å². The number of rotatable bonds is 3. The van der Waals surface area contributed by atoms with Crippen LogP contribution in [0, 0.1) is 28.6 Å². The standard InChI is InChI=1S/C24H30O5/c1-14-11-17-18(22(3)8-5-16(27)12-20(14)22)6-9-23(4)19(17)7-10-24(23,21(28)13-25)29-15(2)26/h5-6,8,12,14,17,19,25H,7,9-11,13H2,1-4H3/t14-,17?,19?,22+,23-,24?/m0/s1. The van der Waals surface area contributed by atoms with Crippen LogP contribution in [0.2, 0.25) is 0 Å². The van der Waals surface area contributed by atoms with Crippen LogP contribution >= 0.6 is 0 Å². The van der Waals surface area contributed by atoms with E-state index in [2.05, 4.69) is 19.9 Å². The Morgan fingerprint density at radius 1 is 1.28 bits per heavy atom. The van der Waals surface area contributed by atoms with Crippen LogP contribution in [0.5, 0.6) is 0 Å². The Morgan fingerprint density at radius 2 is 2.00 bits per heavy atom. The molecule has 156 valence electrons. The lowest BCUT2D eigenvalue weighted by molar-refractivity contribution is -0.183. The molecule has 2 fully saturated rings. The van der Waals surface area contributed by atoms with E-state index >= 15 is 0 Å². The molecule has 1 N–H and O–H groups in total. The molecule has 4 aliphatic rings. The Bertz CT molecular complexity index is 880. The summed E-state index contributed by atoms with van der Waals surface area (Å²) in [4.78, 5) is 36.8. The Hall–Kier alpha value is -2.01. The highest BCUT2D eigenvalue weighted by atomic mass is 16.6. The van der Waals surface area contributed by atoms with Gasteiger partial charge in [-0.25, -0.2) is 0 Å². The SMILES string of the molecule is CC(=O)OC1(C(=O)CO)CCC2C3C[C@H](C)C4=CC(=O)C=C[C@]4(C)C3=CC[C@@]21C. The topological polar surface area (TPSA) is 80.7 Å². The number of carbonyl (C=O) groups excluding carboxylic acids is 3. The third-order valence-corrected chi connectivity index (χ3v) is 8.31. The van der Waals surface area contributed by atoms with E-state index in [1.54, 1.807) is 12.2 Å². The predicted molar refractivity (Wildman–Crippen MR) is 108 cm³/mol. The molecule has 29 heavy (non-hydrogen) atoms. The van der Waals surface area contributed by atoms with Gasteiger partial charge in [-0.15, -0.1) is 0 Å². The summed E-state index contributed by atoms with van der Waals surface area (Å²) in [5, 5.41) is 9.67. The summed E-state index contributed by atoms with van der Waals surface area (Å²) in [5.41, 5.74) is 0.414. The molecule has 4 aliphatic carbocycles. The van der Waals surface area contributed by atoms with E-state index in [1.807, 2.05) is 13.0 Å². The minimum atomic E-state index is -1.26. The fourth-order valence-corrected chi connectivity index (χ4v) is 6.98. The number of carbonyl (C=O) groups is 3. The smallest absolute Gasteiger partial charge is 0.303 e. The van der Waals surface area contributed by atoms with Gasteiger partial charge in [0.2, 0.25) is 5.78 Å². The zero-order valence-corrected chi connectivity index (χ0v) is 17.7. The number of ether oxygens (including phenoxy) is 1. The fraction of sp³-hybridized carbons (Fsp3) is 0.625. The minimum absolute atomic E-state index is 0.0484. The van der Waals surface area contributed by atoms with Crippen molar-refractivity contribution in [2.75, 3.05) is 6.61 Å². The normalized spacial score (nSPS) is 42.9. The number of esters is 1. The second kappa shape index (κ2) is 6.49. The van der Waals surface area contributed by atoms with Crippen molar-refractivity contribution in [3.8, 4) is 0 Å². The summed E-state index contributed by atoms with van der Waals surface area (Å²) in [6.07, 6.45) is 10.5. The van der Waals surface area contributed by atoms with E-state index in [9.17, 15) is 19.5 Å². The molecule has 0 aromatic carbocycles. The average molecular weight is 398 g/mol. The monoisotopic (exact) mass is 398 g/mol. The summed E-state index contributed by atoms with van der Waals surface area (Å²) in [6.45, 7) is 7.12. The van der Waals surface area contributed by atoms with Crippen molar-refractivity contribution in [2.45, 2.75) is 59.0 Å². The second-order valence-electron chi connectivity index (χ2n) is 9.71. The Balaban J connectivity index is 1.81. The van der Waals surface area contributed by atoms with Gasteiger partial charge in [-0.2, -0.15) is 0 Å². The zero-order valence-electron chi connectivity index (χ0n) is 17.7. The maximum absolute atomic E-state index is 12.9. The molecule has 0 bridgehead atoms. The summed E-state index contributed by atoms with van der Waals surface area (Å²) >= 11 is 0. The average Bonchev–Trinajstić information content (AvgIpc) is 2.95. The number of hydrogen-bond acceptors (Lipinski definition) is 5. The van der Waals surface area contributed by atoms with Crippen LogP contribution in [0.3, 0.4) is 0 Å². The van der Waals surface area contributed by atoms with Gasteiger partial charge in [0.1, 0.15) is 6.61 Å². The van der Waals surface area contributed by atoms with Crippen molar-refractivity contribution in [1.82, 2.24) is 0 Å². The zero-order chi connectivity index (χ0) is 21.2. The van der Waals surface area contributed by atoms with E-state index < -0.39 is 29.4 Å². The molecule has 0 radical (unpaired) electrons. The van der Waals surface area contributed by atoms with Crippen molar-refractivity contribution in [1.29, 1.82) is 0 Å². The molecule has 0 aromatic rings. The van der Waals surface area contributed by atoms with Crippen LogP contribution in [0.25, 0.3) is 0 Å². The molecule has 2 saturated carbocycles. The van der Waals surface area contributed by atoms with Crippen LogP contribution in [0.15, 0.2) is 35.5 Å².